The number of rotatable bonds is 3. The van der Waals surface area contributed by atoms with Gasteiger partial charge in [0.05, 0.1) is 5.52 Å². The van der Waals surface area contributed by atoms with Gasteiger partial charge in [-0.1, -0.05) is 6.92 Å². The number of aromatic nitrogens is 2. The molecule has 0 saturated carbocycles. The molecule has 0 radical (unpaired) electrons. The molecule has 1 atom stereocenters. The van der Waals surface area contributed by atoms with Crippen LogP contribution in [0.4, 0.5) is 0 Å². The number of amides is 1. The number of carbonyl (C=O) groups is 1. The van der Waals surface area contributed by atoms with Gasteiger partial charge in [-0.2, -0.15) is 0 Å². The van der Waals surface area contributed by atoms with Gasteiger partial charge in [-0.3, -0.25) is 18.7 Å². The van der Waals surface area contributed by atoms with Gasteiger partial charge in [0, 0.05) is 19.6 Å². The molecule has 1 aliphatic rings. The molecule has 2 aromatic heterocycles. The molecule has 1 aliphatic heterocycles. The van der Waals surface area contributed by atoms with Crippen LogP contribution in [0.5, 0.6) is 0 Å². The largest absolute Gasteiger partial charge is 0.341 e. The van der Waals surface area contributed by atoms with Gasteiger partial charge < -0.3 is 4.90 Å². The van der Waals surface area contributed by atoms with Crippen LogP contribution in [-0.2, 0) is 17.9 Å². The van der Waals surface area contributed by atoms with Crippen LogP contribution in [0.25, 0.3) is 10.2 Å². The van der Waals surface area contributed by atoms with Gasteiger partial charge in [0.1, 0.15) is 11.2 Å². The van der Waals surface area contributed by atoms with Crippen LogP contribution in [0.15, 0.2) is 21.0 Å². The lowest BCUT2D eigenvalue weighted by Gasteiger charge is -2.31. The van der Waals surface area contributed by atoms with Gasteiger partial charge in [0.25, 0.3) is 5.56 Å². The van der Waals surface area contributed by atoms with E-state index in [9.17, 15) is 14.4 Å². The topological polar surface area (TPSA) is 64.3 Å². The molecule has 3 heterocycles. The summed E-state index contributed by atoms with van der Waals surface area (Å²) in [5, 5.41) is 1.79. The second kappa shape index (κ2) is 6.31. The minimum Gasteiger partial charge on any atom is -0.341 e. The number of fused-ring (bicyclic) bond motifs is 1. The van der Waals surface area contributed by atoms with E-state index in [1.165, 1.54) is 20.5 Å². The summed E-state index contributed by atoms with van der Waals surface area (Å²) in [4.78, 5) is 39.3. The minimum absolute atomic E-state index is 0.000926. The van der Waals surface area contributed by atoms with Crippen LogP contribution >= 0.6 is 11.3 Å². The van der Waals surface area contributed by atoms with E-state index < -0.39 is 5.69 Å². The summed E-state index contributed by atoms with van der Waals surface area (Å²) >= 11 is 1.31. The average Bonchev–Trinajstić information content (AvgIpc) is 3.01. The maximum Gasteiger partial charge on any atom is 0.331 e. The fourth-order valence-electron chi connectivity index (χ4n) is 3.22. The highest BCUT2D eigenvalue weighted by molar-refractivity contribution is 7.17. The molecule has 3 rings (SSSR count). The van der Waals surface area contributed by atoms with Gasteiger partial charge in [-0.15, -0.1) is 11.3 Å². The van der Waals surface area contributed by atoms with Crippen molar-refractivity contribution >= 4 is 27.5 Å². The van der Waals surface area contributed by atoms with Gasteiger partial charge >= 0.3 is 5.69 Å². The van der Waals surface area contributed by atoms with Crippen molar-refractivity contribution < 1.29 is 4.79 Å². The van der Waals surface area contributed by atoms with Crippen molar-refractivity contribution in [3.8, 4) is 0 Å². The normalized spacial score (nSPS) is 18.5. The molecule has 0 N–H and O–H groups in total. The molecule has 1 saturated heterocycles. The monoisotopic (exact) mass is 335 g/mol. The second-order valence-electron chi connectivity index (χ2n) is 6.14. The van der Waals surface area contributed by atoms with Gasteiger partial charge in [-0.05, 0) is 37.1 Å². The zero-order valence-corrected chi connectivity index (χ0v) is 14.3. The fourth-order valence-corrected chi connectivity index (χ4v) is 4.06. The summed E-state index contributed by atoms with van der Waals surface area (Å²) in [6, 6.07) is 1.74. The smallest absolute Gasteiger partial charge is 0.331 e. The van der Waals surface area contributed by atoms with Crippen LogP contribution in [0.2, 0.25) is 0 Å². The van der Waals surface area contributed by atoms with Crippen molar-refractivity contribution in [1.29, 1.82) is 0 Å². The van der Waals surface area contributed by atoms with Gasteiger partial charge in [-0.25, -0.2) is 4.79 Å². The number of carbonyl (C=O) groups excluding carboxylic acids is 1. The van der Waals surface area contributed by atoms with Crippen molar-refractivity contribution in [3.05, 3.63) is 32.3 Å². The first-order valence-corrected chi connectivity index (χ1v) is 8.89. The number of hydrogen-bond acceptors (Lipinski definition) is 4. The zero-order chi connectivity index (χ0) is 16.6. The Balaban J connectivity index is 2.00. The van der Waals surface area contributed by atoms with Crippen molar-refractivity contribution in [2.75, 3.05) is 13.1 Å². The average molecular weight is 335 g/mol. The summed E-state index contributed by atoms with van der Waals surface area (Å²) in [5.74, 6) is 0.447. The molecule has 23 heavy (non-hydrogen) atoms. The lowest BCUT2D eigenvalue weighted by Crippen LogP contribution is -2.45. The summed E-state index contributed by atoms with van der Waals surface area (Å²) in [7, 11) is 0. The first kappa shape index (κ1) is 16.0. The highest BCUT2D eigenvalue weighted by atomic mass is 32.1. The molecule has 2 aromatic rings. The Labute approximate surface area is 138 Å². The third-order valence-corrected chi connectivity index (χ3v) is 5.35. The van der Waals surface area contributed by atoms with E-state index in [4.69, 9.17) is 0 Å². The van der Waals surface area contributed by atoms with Crippen molar-refractivity contribution in [1.82, 2.24) is 14.0 Å². The van der Waals surface area contributed by atoms with Crippen LogP contribution in [0.3, 0.4) is 0 Å². The Morgan fingerprint density at radius 3 is 2.83 bits per heavy atom. The standard InChI is InChI=1S/C16H21N3O3S/c1-3-18-15(21)14-12(6-8-23-14)19(16(18)22)10-13(20)17-7-4-5-11(2)9-17/h6,8,11H,3-5,7,9-10H2,1-2H3. The highest BCUT2D eigenvalue weighted by Gasteiger charge is 2.23. The molecule has 124 valence electrons. The molecule has 6 nitrogen and oxygen atoms in total. The highest BCUT2D eigenvalue weighted by Crippen LogP contribution is 2.18. The summed E-state index contributed by atoms with van der Waals surface area (Å²) in [6.07, 6.45) is 2.14. The quantitative estimate of drug-likeness (QED) is 0.854. The van der Waals surface area contributed by atoms with Crippen molar-refractivity contribution in [2.45, 2.75) is 39.8 Å². The molecule has 7 heteroatoms. The number of thiophene rings is 1. The third kappa shape index (κ3) is 2.85. The first-order valence-electron chi connectivity index (χ1n) is 8.01. The molecule has 1 amide bonds. The maximum absolute atomic E-state index is 12.6. The third-order valence-electron chi connectivity index (χ3n) is 4.46. The predicted molar refractivity (Wildman–Crippen MR) is 91.0 cm³/mol. The van der Waals surface area contributed by atoms with E-state index in [-0.39, 0.29) is 18.0 Å². The molecule has 0 bridgehead atoms. The molecule has 1 unspecified atom stereocenters. The van der Waals surface area contributed by atoms with Crippen LogP contribution in [0, 0.1) is 5.92 Å². The molecule has 0 aromatic carbocycles. The second-order valence-corrected chi connectivity index (χ2v) is 7.06. The minimum atomic E-state index is -0.401. The van der Waals surface area contributed by atoms with E-state index in [1.54, 1.807) is 18.4 Å². The van der Waals surface area contributed by atoms with Crippen molar-refractivity contribution in [3.63, 3.8) is 0 Å². The lowest BCUT2D eigenvalue weighted by molar-refractivity contribution is -0.133. The van der Waals surface area contributed by atoms with Crippen molar-refractivity contribution in [2.24, 2.45) is 5.92 Å². The SMILES string of the molecule is CCn1c(=O)c2sccc2n(CC(=O)N2CCCC(C)C2)c1=O. The maximum atomic E-state index is 12.6. The van der Waals surface area contributed by atoms with Crippen LogP contribution < -0.4 is 11.2 Å². The number of piperidine rings is 1. The number of nitrogens with zero attached hydrogens (tertiary/aromatic N) is 3. The molecular formula is C16H21N3O3S. The van der Waals surface area contributed by atoms with E-state index in [2.05, 4.69) is 6.92 Å². The lowest BCUT2D eigenvalue weighted by atomic mass is 10.0. The summed E-state index contributed by atoms with van der Waals surface area (Å²) in [5.41, 5.74) is -0.104. The molecule has 1 fully saturated rings. The Bertz CT molecular complexity index is 848. The Kier molecular flexibility index (Phi) is 4.39. The fraction of sp³-hybridized carbons (Fsp3) is 0.562. The Morgan fingerprint density at radius 1 is 1.35 bits per heavy atom. The van der Waals surface area contributed by atoms with Gasteiger partial charge in [0.15, 0.2) is 0 Å². The summed E-state index contributed by atoms with van der Waals surface area (Å²) in [6.45, 7) is 5.70. The van der Waals surface area contributed by atoms with Gasteiger partial charge in [0.2, 0.25) is 5.91 Å². The predicted octanol–water partition coefficient (Wildman–Crippen LogP) is 1.50. The van der Waals surface area contributed by atoms with E-state index in [1.807, 2.05) is 4.90 Å². The van der Waals surface area contributed by atoms with E-state index >= 15 is 0 Å². The first-order chi connectivity index (χ1) is 11.0. The Hall–Kier alpha value is -1.89. The number of likely N-dealkylation sites (tertiary alicyclic amines) is 1. The van der Waals surface area contributed by atoms with Crippen LogP contribution in [0.1, 0.15) is 26.7 Å². The Morgan fingerprint density at radius 2 is 2.13 bits per heavy atom. The van der Waals surface area contributed by atoms with Crippen LogP contribution in [-0.4, -0.2) is 33.0 Å². The summed E-state index contributed by atoms with van der Waals surface area (Å²) < 4.78 is 3.18. The molecule has 0 spiro atoms. The number of hydrogen-bond donors (Lipinski definition) is 0. The molecule has 0 aliphatic carbocycles. The van der Waals surface area contributed by atoms with E-state index in [0.717, 1.165) is 25.9 Å². The molecular weight excluding hydrogens is 314 g/mol. The van der Waals surface area contributed by atoms with E-state index in [0.29, 0.717) is 22.7 Å². The zero-order valence-electron chi connectivity index (χ0n) is 13.4.